The number of aliphatic hydroxyl groups excluding tert-OH is 3. The second kappa shape index (κ2) is 12.6. The summed E-state index contributed by atoms with van der Waals surface area (Å²) in [6, 6.07) is 0. The molecule has 0 aromatic carbocycles. The highest BCUT2D eigenvalue weighted by Gasteiger charge is 2.43. The fourth-order valence-corrected chi connectivity index (χ4v) is 3.06. The van der Waals surface area contributed by atoms with E-state index in [1.54, 1.807) is 6.92 Å². The molecule has 0 amide bonds. The van der Waals surface area contributed by atoms with Crippen molar-refractivity contribution < 1.29 is 29.6 Å². The number of hydrogen-bond acceptors (Lipinski definition) is 6. The Kier molecular flexibility index (Phi) is 11.3. The summed E-state index contributed by atoms with van der Waals surface area (Å²) in [5.74, 6) is -0.445. The topological polar surface area (TPSA) is 96.2 Å². The number of aliphatic hydroxyl groups is 3. The third-order valence-corrected chi connectivity index (χ3v) is 4.79. The van der Waals surface area contributed by atoms with E-state index >= 15 is 0 Å². The van der Waals surface area contributed by atoms with E-state index in [2.05, 4.69) is 6.92 Å². The van der Waals surface area contributed by atoms with Gasteiger partial charge in [-0.3, -0.25) is 4.79 Å². The number of carbonyl (C=O) groups is 1. The molecular formula is C19H36O6. The second-order valence-electron chi connectivity index (χ2n) is 7.10. The molecule has 148 valence electrons. The smallest absolute Gasteiger partial charge is 0.308 e. The summed E-state index contributed by atoms with van der Waals surface area (Å²) in [5.41, 5.74) is 0. The van der Waals surface area contributed by atoms with Crippen LogP contribution in [0.2, 0.25) is 0 Å². The summed E-state index contributed by atoms with van der Waals surface area (Å²) < 4.78 is 10.3. The first-order chi connectivity index (χ1) is 12.0. The highest BCUT2D eigenvalue weighted by atomic mass is 16.7. The number of unbranched alkanes of at least 4 members (excludes halogenated alkanes) is 9. The van der Waals surface area contributed by atoms with Crippen LogP contribution in [0.25, 0.3) is 0 Å². The average molecular weight is 360 g/mol. The third-order valence-electron chi connectivity index (χ3n) is 4.79. The number of esters is 1. The molecule has 1 rings (SSSR count). The Morgan fingerprint density at radius 3 is 1.92 bits per heavy atom. The molecule has 6 heteroatoms. The van der Waals surface area contributed by atoms with Crippen molar-refractivity contribution >= 4 is 5.97 Å². The zero-order chi connectivity index (χ0) is 18.7. The minimum atomic E-state index is -1.43. The van der Waals surface area contributed by atoms with E-state index in [0.717, 1.165) is 19.3 Å². The fourth-order valence-electron chi connectivity index (χ4n) is 3.06. The van der Waals surface area contributed by atoms with E-state index in [1.807, 2.05) is 0 Å². The van der Waals surface area contributed by atoms with Gasteiger partial charge >= 0.3 is 5.97 Å². The Hall–Kier alpha value is -0.690. The third kappa shape index (κ3) is 8.49. The molecule has 0 radical (unpaired) electrons. The second-order valence-corrected chi connectivity index (χ2v) is 7.10. The minimum absolute atomic E-state index is 0.274. The van der Waals surface area contributed by atoms with E-state index in [1.165, 1.54) is 44.9 Å². The van der Waals surface area contributed by atoms with Gasteiger partial charge in [-0.15, -0.1) is 0 Å². The van der Waals surface area contributed by atoms with Gasteiger partial charge in [0.15, 0.2) is 0 Å². The first-order valence-electron chi connectivity index (χ1n) is 9.86. The van der Waals surface area contributed by atoms with Crippen LogP contribution in [-0.4, -0.2) is 52.0 Å². The van der Waals surface area contributed by atoms with Gasteiger partial charge in [0.2, 0.25) is 6.29 Å². The van der Waals surface area contributed by atoms with Crippen LogP contribution >= 0.6 is 0 Å². The molecule has 25 heavy (non-hydrogen) atoms. The van der Waals surface area contributed by atoms with Crippen molar-refractivity contribution in [1.29, 1.82) is 0 Å². The molecule has 1 saturated heterocycles. The summed E-state index contributed by atoms with van der Waals surface area (Å²) in [4.78, 5) is 11.8. The number of hydrogen-bond donors (Lipinski definition) is 3. The van der Waals surface area contributed by atoms with Gasteiger partial charge < -0.3 is 24.8 Å². The highest BCUT2D eigenvalue weighted by molar-refractivity contribution is 5.69. The van der Waals surface area contributed by atoms with Gasteiger partial charge in [-0.25, -0.2) is 0 Å². The summed E-state index contributed by atoms with van der Waals surface area (Å²) in [6.45, 7) is 3.78. The number of rotatable bonds is 12. The summed E-state index contributed by atoms with van der Waals surface area (Å²) >= 11 is 0. The number of carbonyl (C=O) groups excluding carboxylic acids is 1. The highest BCUT2D eigenvalue weighted by Crippen LogP contribution is 2.22. The van der Waals surface area contributed by atoms with Gasteiger partial charge in [-0.1, -0.05) is 64.7 Å². The van der Waals surface area contributed by atoms with E-state index in [9.17, 15) is 20.1 Å². The molecule has 0 bridgehead atoms. The minimum Gasteiger partial charge on any atom is -0.433 e. The van der Waals surface area contributed by atoms with Crippen molar-refractivity contribution in [2.45, 2.75) is 115 Å². The first kappa shape index (κ1) is 22.4. The van der Waals surface area contributed by atoms with Crippen molar-refractivity contribution in [1.82, 2.24) is 0 Å². The van der Waals surface area contributed by atoms with Crippen molar-refractivity contribution in [2.75, 3.05) is 0 Å². The zero-order valence-corrected chi connectivity index (χ0v) is 15.7. The Balaban J connectivity index is 2.05. The predicted octanol–water partition coefficient (Wildman–Crippen LogP) is 2.67. The van der Waals surface area contributed by atoms with Crippen LogP contribution in [-0.2, 0) is 14.3 Å². The van der Waals surface area contributed by atoms with E-state index in [4.69, 9.17) is 9.47 Å². The van der Waals surface area contributed by atoms with Crippen molar-refractivity contribution in [3.05, 3.63) is 0 Å². The van der Waals surface area contributed by atoms with Gasteiger partial charge in [-0.2, -0.15) is 0 Å². The summed E-state index contributed by atoms with van der Waals surface area (Å²) in [7, 11) is 0. The molecule has 1 aliphatic rings. The summed E-state index contributed by atoms with van der Waals surface area (Å²) in [5, 5.41) is 29.1. The molecule has 6 nitrogen and oxygen atoms in total. The molecule has 0 aliphatic carbocycles. The molecule has 1 unspecified atom stereocenters. The predicted molar refractivity (Wildman–Crippen MR) is 94.9 cm³/mol. The van der Waals surface area contributed by atoms with Crippen LogP contribution in [0, 0.1) is 0 Å². The zero-order valence-electron chi connectivity index (χ0n) is 15.7. The average Bonchev–Trinajstić information content (AvgIpc) is 2.59. The molecular weight excluding hydrogens is 324 g/mol. The quantitative estimate of drug-likeness (QED) is 0.366. The summed E-state index contributed by atoms with van der Waals surface area (Å²) in [6.07, 6.45) is 6.23. The Morgan fingerprint density at radius 2 is 1.36 bits per heavy atom. The normalized spacial score (nSPS) is 29.6. The van der Waals surface area contributed by atoms with Crippen molar-refractivity contribution in [3.63, 3.8) is 0 Å². The molecule has 0 spiro atoms. The van der Waals surface area contributed by atoms with E-state index in [-0.39, 0.29) is 6.42 Å². The molecule has 3 N–H and O–H groups in total. The van der Waals surface area contributed by atoms with Gasteiger partial charge in [0.1, 0.15) is 18.3 Å². The molecule has 0 saturated carbocycles. The van der Waals surface area contributed by atoms with Crippen LogP contribution in [0.1, 0.15) is 84.5 Å². The monoisotopic (exact) mass is 360 g/mol. The Bertz CT molecular complexity index is 362. The standard InChI is InChI=1S/C19H36O6/c1-3-4-5-6-7-8-9-10-11-12-13-15(20)25-19-18(23)17(22)16(21)14(2)24-19/h14,16-19,21-23H,3-13H2,1-2H3/t14-,16+,17+,18-,19?/m0/s1. The SMILES string of the molecule is CCCCCCCCCCCCC(=O)OC1O[C@@H](C)[C@@H](O)[C@@H](O)[C@@H]1O. The number of ether oxygens (including phenoxy) is 2. The van der Waals surface area contributed by atoms with Gasteiger partial charge in [-0.05, 0) is 13.3 Å². The molecule has 1 aliphatic heterocycles. The Morgan fingerprint density at radius 1 is 0.840 bits per heavy atom. The van der Waals surface area contributed by atoms with Crippen LogP contribution < -0.4 is 0 Å². The van der Waals surface area contributed by atoms with Crippen LogP contribution in [0.4, 0.5) is 0 Å². The van der Waals surface area contributed by atoms with Gasteiger partial charge in [0.05, 0.1) is 6.10 Å². The van der Waals surface area contributed by atoms with Crippen LogP contribution in [0.5, 0.6) is 0 Å². The maximum absolute atomic E-state index is 11.8. The Labute approximate surface area is 151 Å². The lowest BCUT2D eigenvalue weighted by molar-refractivity contribution is -0.284. The maximum atomic E-state index is 11.8. The van der Waals surface area contributed by atoms with E-state index < -0.39 is 36.7 Å². The molecule has 1 fully saturated rings. The fraction of sp³-hybridized carbons (Fsp3) is 0.947. The van der Waals surface area contributed by atoms with Gasteiger partial charge in [0, 0.05) is 6.42 Å². The van der Waals surface area contributed by atoms with Crippen LogP contribution in [0.15, 0.2) is 0 Å². The lowest BCUT2D eigenvalue weighted by Crippen LogP contribution is -2.57. The van der Waals surface area contributed by atoms with Gasteiger partial charge in [0.25, 0.3) is 0 Å². The van der Waals surface area contributed by atoms with Crippen molar-refractivity contribution in [2.24, 2.45) is 0 Å². The molecule has 1 heterocycles. The largest absolute Gasteiger partial charge is 0.433 e. The van der Waals surface area contributed by atoms with Crippen molar-refractivity contribution in [3.8, 4) is 0 Å². The lowest BCUT2D eigenvalue weighted by atomic mass is 10.00. The first-order valence-corrected chi connectivity index (χ1v) is 9.86. The molecule has 0 aromatic rings. The molecule has 5 atom stereocenters. The lowest BCUT2D eigenvalue weighted by Gasteiger charge is -2.38. The van der Waals surface area contributed by atoms with E-state index in [0.29, 0.717) is 0 Å². The molecule has 0 aromatic heterocycles. The maximum Gasteiger partial charge on any atom is 0.308 e. The van der Waals surface area contributed by atoms with Crippen LogP contribution in [0.3, 0.4) is 0 Å².